The van der Waals surface area contributed by atoms with Gasteiger partial charge in [-0.3, -0.25) is 0 Å². The van der Waals surface area contributed by atoms with Gasteiger partial charge in [-0.05, 0) is 38.8 Å². The monoisotopic (exact) mass is 396 g/mol. The highest BCUT2D eigenvalue weighted by atomic mass is 19.3. The third-order valence-electron chi connectivity index (χ3n) is 4.32. The van der Waals surface area contributed by atoms with E-state index in [0.717, 1.165) is 25.2 Å². The fourth-order valence-corrected chi connectivity index (χ4v) is 3.15. The predicted molar refractivity (Wildman–Crippen MR) is 97.7 cm³/mol. The van der Waals surface area contributed by atoms with E-state index < -0.39 is 12.4 Å². The average molecular weight is 396 g/mol. The van der Waals surface area contributed by atoms with Gasteiger partial charge in [0.1, 0.15) is 23.2 Å². The molecule has 1 aliphatic heterocycles. The van der Waals surface area contributed by atoms with Crippen LogP contribution in [-0.4, -0.2) is 33.9 Å². The maximum Gasteiger partial charge on any atom is 0.387 e. The van der Waals surface area contributed by atoms with Crippen molar-refractivity contribution < 1.29 is 17.9 Å². The number of rotatable bonds is 6. The van der Waals surface area contributed by atoms with Crippen LogP contribution in [0.25, 0.3) is 0 Å². The molecule has 1 aliphatic rings. The summed E-state index contributed by atoms with van der Waals surface area (Å²) in [7, 11) is 0. The van der Waals surface area contributed by atoms with Crippen LogP contribution >= 0.6 is 0 Å². The van der Waals surface area contributed by atoms with E-state index in [1.165, 1.54) is 18.2 Å². The van der Waals surface area contributed by atoms with E-state index in [2.05, 4.69) is 30.4 Å². The normalized spacial score (nSPS) is 16.8. The van der Waals surface area contributed by atoms with Gasteiger partial charge in [-0.2, -0.15) is 13.9 Å². The van der Waals surface area contributed by atoms with Crippen molar-refractivity contribution >= 4 is 5.96 Å². The van der Waals surface area contributed by atoms with Gasteiger partial charge in [0.05, 0.1) is 18.2 Å². The van der Waals surface area contributed by atoms with Crippen molar-refractivity contribution in [3.63, 3.8) is 0 Å². The molecule has 0 bridgehead atoms. The number of alkyl halides is 2. The van der Waals surface area contributed by atoms with Crippen LogP contribution in [0.3, 0.4) is 0 Å². The molecule has 3 rings (SSSR count). The van der Waals surface area contributed by atoms with Gasteiger partial charge in [0.2, 0.25) is 0 Å². The number of guanidine groups is 1. The fraction of sp³-hybridized carbons (Fsp3) is 0.500. The quantitative estimate of drug-likeness (QED) is 0.580. The Bertz CT molecular complexity index is 839. The van der Waals surface area contributed by atoms with Crippen LogP contribution in [0.4, 0.5) is 13.2 Å². The number of aryl methyl sites for hydroxylation is 2. The van der Waals surface area contributed by atoms with E-state index >= 15 is 0 Å². The number of aliphatic imine (C=N–C) groups is 1. The van der Waals surface area contributed by atoms with Gasteiger partial charge < -0.3 is 15.4 Å². The Labute approximate surface area is 161 Å². The number of nitrogens with one attached hydrogen (secondary N) is 2. The van der Waals surface area contributed by atoms with Crippen molar-refractivity contribution in [1.29, 1.82) is 0 Å². The summed E-state index contributed by atoms with van der Waals surface area (Å²) in [6.07, 6.45) is 1.79. The molecular formula is C18H23F3N6O. The Balaban J connectivity index is 1.79. The molecule has 28 heavy (non-hydrogen) atoms. The van der Waals surface area contributed by atoms with Crippen LogP contribution in [-0.2, 0) is 13.1 Å². The summed E-state index contributed by atoms with van der Waals surface area (Å²) in [5.41, 5.74) is -0.0253. The SMILES string of the molecule is CCNC(=NCc1c(F)cccc1OC(F)F)NC1CCCn2nc(C)nc21. The highest BCUT2D eigenvalue weighted by Gasteiger charge is 2.24. The summed E-state index contributed by atoms with van der Waals surface area (Å²) < 4.78 is 45.6. The zero-order valence-corrected chi connectivity index (χ0v) is 15.8. The number of ether oxygens (including phenoxy) is 1. The molecule has 0 saturated carbocycles. The van der Waals surface area contributed by atoms with Crippen molar-refractivity contribution in [3.05, 3.63) is 41.2 Å². The molecule has 152 valence electrons. The highest BCUT2D eigenvalue weighted by molar-refractivity contribution is 5.80. The maximum atomic E-state index is 14.1. The van der Waals surface area contributed by atoms with Crippen molar-refractivity contribution in [3.8, 4) is 5.75 Å². The molecule has 0 saturated heterocycles. The second-order valence-electron chi connectivity index (χ2n) is 6.37. The first kappa shape index (κ1) is 20.0. The molecule has 0 amide bonds. The van der Waals surface area contributed by atoms with Gasteiger partial charge >= 0.3 is 6.61 Å². The number of aromatic nitrogens is 3. The molecule has 10 heteroatoms. The number of nitrogens with zero attached hydrogens (tertiary/aromatic N) is 4. The number of fused-ring (bicyclic) bond motifs is 1. The van der Waals surface area contributed by atoms with Gasteiger partial charge in [-0.1, -0.05) is 6.07 Å². The van der Waals surface area contributed by atoms with Gasteiger partial charge in [0, 0.05) is 13.1 Å². The third kappa shape index (κ3) is 4.73. The molecule has 1 atom stereocenters. The fourth-order valence-electron chi connectivity index (χ4n) is 3.15. The van der Waals surface area contributed by atoms with Crippen LogP contribution in [0.2, 0.25) is 0 Å². The molecule has 0 radical (unpaired) electrons. The zero-order valence-electron chi connectivity index (χ0n) is 15.8. The first-order chi connectivity index (χ1) is 13.5. The second-order valence-corrected chi connectivity index (χ2v) is 6.37. The van der Waals surface area contributed by atoms with E-state index in [0.29, 0.717) is 18.3 Å². The molecule has 7 nitrogen and oxygen atoms in total. The van der Waals surface area contributed by atoms with Crippen molar-refractivity contribution in [1.82, 2.24) is 25.4 Å². The molecule has 0 fully saturated rings. The number of benzene rings is 1. The molecule has 1 unspecified atom stereocenters. The Kier molecular flexibility index (Phi) is 6.37. The topological polar surface area (TPSA) is 76.4 Å². The molecule has 1 aromatic carbocycles. The number of hydrogen-bond acceptors (Lipinski definition) is 4. The second kappa shape index (κ2) is 8.94. The lowest BCUT2D eigenvalue weighted by Gasteiger charge is -2.25. The van der Waals surface area contributed by atoms with Gasteiger partial charge in [-0.25, -0.2) is 19.0 Å². The Morgan fingerprint density at radius 3 is 3.00 bits per heavy atom. The van der Waals surface area contributed by atoms with E-state index in [9.17, 15) is 13.2 Å². The molecule has 2 N–H and O–H groups in total. The van der Waals surface area contributed by atoms with Crippen molar-refractivity contribution in [2.24, 2.45) is 4.99 Å². The average Bonchev–Trinajstić information content (AvgIpc) is 3.02. The molecule has 1 aromatic heterocycles. The summed E-state index contributed by atoms with van der Waals surface area (Å²) in [6.45, 7) is 1.95. The lowest BCUT2D eigenvalue weighted by molar-refractivity contribution is -0.0506. The molecule has 0 spiro atoms. The Morgan fingerprint density at radius 1 is 1.43 bits per heavy atom. The molecular weight excluding hydrogens is 373 g/mol. The minimum atomic E-state index is -3.03. The predicted octanol–water partition coefficient (Wildman–Crippen LogP) is 2.92. The van der Waals surface area contributed by atoms with E-state index in [4.69, 9.17) is 0 Å². The Hall–Kier alpha value is -2.78. The van der Waals surface area contributed by atoms with Crippen molar-refractivity contribution in [2.75, 3.05) is 6.54 Å². The first-order valence-electron chi connectivity index (χ1n) is 9.16. The van der Waals surface area contributed by atoms with E-state index in [1.54, 1.807) is 0 Å². The van der Waals surface area contributed by atoms with Crippen LogP contribution in [0.15, 0.2) is 23.2 Å². The summed E-state index contributed by atoms with van der Waals surface area (Å²) in [6, 6.07) is 3.72. The summed E-state index contributed by atoms with van der Waals surface area (Å²) >= 11 is 0. The largest absolute Gasteiger partial charge is 0.434 e. The summed E-state index contributed by atoms with van der Waals surface area (Å²) in [5.74, 6) is 1.09. The van der Waals surface area contributed by atoms with Crippen LogP contribution < -0.4 is 15.4 Å². The lowest BCUT2D eigenvalue weighted by Crippen LogP contribution is -2.41. The number of halogens is 3. The van der Waals surface area contributed by atoms with E-state index in [-0.39, 0.29) is 23.9 Å². The van der Waals surface area contributed by atoms with E-state index in [1.807, 2.05) is 18.5 Å². The maximum absolute atomic E-state index is 14.1. The van der Waals surface area contributed by atoms with Crippen LogP contribution in [0.1, 0.15) is 43.0 Å². The smallest absolute Gasteiger partial charge is 0.387 e. The summed E-state index contributed by atoms with van der Waals surface area (Å²) in [5, 5.41) is 10.7. The first-order valence-corrected chi connectivity index (χ1v) is 9.16. The van der Waals surface area contributed by atoms with Gasteiger partial charge in [0.15, 0.2) is 5.96 Å². The Morgan fingerprint density at radius 2 is 2.25 bits per heavy atom. The third-order valence-corrected chi connectivity index (χ3v) is 4.32. The zero-order chi connectivity index (χ0) is 20.1. The minimum absolute atomic E-state index is 0.0253. The van der Waals surface area contributed by atoms with Gasteiger partial charge in [-0.15, -0.1) is 0 Å². The van der Waals surface area contributed by atoms with Gasteiger partial charge in [0.25, 0.3) is 0 Å². The highest BCUT2D eigenvalue weighted by Crippen LogP contribution is 2.25. The van der Waals surface area contributed by atoms with Crippen LogP contribution in [0, 0.1) is 12.7 Å². The number of hydrogen-bond donors (Lipinski definition) is 2. The summed E-state index contributed by atoms with van der Waals surface area (Å²) in [4.78, 5) is 8.83. The molecule has 2 heterocycles. The molecule has 0 aliphatic carbocycles. The lowest BCUT2D eigenvalue weighted by atomic mass is 10.1. The van der Waals surface area contributed by atoms with Crippen molar-refractivity contribution in [2.45, 2.75) is 52.4 Å². The molecule has 2 aromatic rings. The minimum Gasteiger partial charge on any atom is -0.434 e. The standard InChI is InChI=1S/C18H23F3N6O/c1-3-22-18(25-14-7-5-9-27-16(14)24-11(2)26-27)23-10-12-13(19)6-4-8-15(12)28-17(20)21/h4,6,8,14,17H,3,5,7,9-10H2,1-2H3,(H2,22,23,25). The van der Waals surface area contributed by atoms with Crippen LogP contribution in [0.5, 0.6) is 5.75 Å².